The van der Waals surface area contributed by atoms with Crippen molar-refractivity contribution < 1.29 is 8.78 Å². The summed E-state index contributed by atoms with van der Waals surface area (Å²) >= 11 is 3.09. The highest BCUT2D eigenvalue weighted by Gasteiger charge is 2.51. The average molecular weight is 338 g/mol. The molecule has 20 heavy (non-hydrogen) atoms. The first kappa shape index (κ1) is 13.7. The summed E-state index contributed by atoms with van der Waals surface area (Å²) in [6, 6.07) is 11.7. The molecule has 1 atom stereocenters. The molecule has 3 rings (SSSR count). The average Bonchev–Trinajstić information content (AvgIpc) is 3.26. The van der Waals surface area contributed by atoms with Crippen LogP contribution in [-0.2, 0) is 5.41 Å². The van der Waals surface area contributed by atoms with Gasteiger partial charge in [0, 0.05) is 17.0 Å². The largest absolute Gasteiger partial charge is 0.323 e. The second-order valence-corrected chi connectivity index (χ2v) is 6.11. The van der Waals surface area contributed by atoms with Gasteiger partial charge in [-0.05, 0) is 46.5 Å². The number of hydrogen-bond acceptors (Lipinski definition) is 1. The number of halogens is 3. The van der Waals surface area contributed by atoms with Crippen LogP contribution in [0.2, 0.25) is 0 Å². The lowest BCUT2D eigenvalue weighted by Gasteiger charge is -2.25. The smallest absolute Gasteiger partial charge is 0.145 e. The monoisotopic (exact) mass is 337 g/mol. The summed E-state index contributed by atoms with van der Waals surface area (Å²) in [6.45, 7) is 0. The minimum absolute atomic E-state index is 0.0271. The molecule has 2 N–H and O–H groups in total. The van der Waals surface area contributed by atoms with E-state index in [0.29, 0.717) is 0 Å². The zero-order valence-electron chi connectivity index (χ0n) is 10.7. The van der Waals surface area contributed by atoms with Crippen molar-refractivity contribution in [3.63, 3.8) is 0 Å². The molecule has 0 bridgehead atoms. The number of hydrogen-bond donors (Lipinski definition) is 1. The van der Waals surface area contributed by atoms with Gasteiger partial charge >= 0.3 is 0 Å². The predicted molar refractivity (Wildman–Crippen MR) is 78.3 cm³/mol. The SMILES string of the molecule is NC(c1c(F)ccc(Br)c1F)C1(c2ccccc2)CC1. The van der Waals surface area contributed by atoms with Crippen LogP contribution in [0.25, 0.3) is 0 Å². The quantitative estimate of drug-likeness (QED) is 0.822. The van der Waals surface area contributed by atoms with E-state index in [9.17, 15) is 8.78 Å². The molecule has 0 amide bonds. The van der Waals surface area contributed by atoms with Crippen molar-refractivity contribution in [3.8, 4) is 0 Å². The topological polar surface area (TPSA) is 26.0 Å². The van der Waals surface area contributed by atoms with Crippen LogP contribution in [0.1, 0.15) is 30.0 Å². The van der Waals surface area contributed by atoms with E-state index in [-0.39, 0.29) is 15.5 Å². The van der Waals surface area contributed by atoms with Gasteiger partial charge in [-0.15, -0.1) is 0 Å². The van der Waals surface area contributed by atoms with Gasteiger partial charge in [0.2, 0.25) is 0 Å². The van der Waals surface area contributed by atoms with Gasteiger partial charge in [-0.25, -0.2) is 8.78 Å². The minimum Gasteiger partial charge on any atom is -0.323 e. The summed E-state index contributed by atoms with van der Waals surface area (Å²) in [5.41, 5.74) is 6.91. The molecule has 1 saturated carbocycles. The third-order valence-electron chi connectivity index (χ3n) is 4.12. The number of rotatable bonds is 3. The van der Waals surface area contributed by atoms with Crippen LogP contribution < -0.4 is 5.73 Å². The van der Waals surface area contributed by atoms with Gasteiger partial charge in [-0.2, -0.15) is 0 Å². The van der Waals surface area contributed by atoms with E-state index in [1.54, 1.807) is 0 Å². The Bertz CT molecular complexity index is 638. The maximum Gasteiger partial charge on any atom is 0.145 e. The van der Waals surface area contributed by atoms with Crippen molar-refractivity contribution in [2.75, 3.05) is 0 Å². The number of nitrogens with two attached hydrogens (primary N) is 1. The fraction of sp³-hybridized carbons (Fsp3) is 0.250. The molecule has 0 spiro atoms. The molecule has 1 aliphatic carbocycles. The molecule has 0 aromatic heterocycles. The molecule has 0 saturated heterocycles. The van der Waals surface area contributed by atoms with Crippen LogP contribution in [0.5, 0.6) is 0 Å². The number of benzene rings is 2. The molecule has 1 nitrogen and oxygen atoms in total. The highest BCUT2D eigenvalue weighted by molar-refractivity contribution is 9.10. The molecule has 0 radical (unpaired) electrons. The van der Waals surface area contributed by atoms with E-state index in [0.717, 1.165) is 18.4 Å². The van der Waals surface area contributed by atoms with Gasteiger partial charge in [0.05, 0.1) is 4.47 Å². The Kier molecular flexibility index (Phi) is 3.38. The summed E-state index contributed by atoms with van der Waals surface area (Å²) in [5, 5.41) is 0. The van der Waals surface area contributed by atoms with Crippen LogP contribution in [0.3, 0.4) is 0 Å². The minimum atomic E-state index is -0.678. The second-order valence-electron chi connectivity index (χ2n) is 5.26. The van der Waals surface area contributed by atoms with E-state index in [2.05, 4.69) is 15.9 Å². The van der Waals surface area contributed by atoms with E-state index in [1.807, 2.05) is 30.3 Å². The highest BCUT2D eigenvalue weighted by atomic mass is 79.9. The lowest BCUT2D eigenvalue weighted by atomic mass is 9.84. The molecule has 1 fully saturated rings. The first-order valence-corrected chi connectivity index (χ1v) is 7.30. The summed E-state index contributed by atoms with van der Waals surface area (Å²) in [5.74, 6) is -1.18. The fourth-order valence-electron chi connectivity index (χ4n) is 2.79. The van der Waals surface area contributed by atoms with Crippen molar-refractivity contribution in [1.29, 1.82) is 0 Å². The maximum atomic E-state index is 14.2. The molecule has 1 unspecified atom stereocenters. The van der Waals surface area contributed by atoms with E-state index in [1.165, 1.54) is 12.1 Å². The zero-order valence-corrected chi connectivity index (χ0v) is 12.3. The van der Waals surface area contributed by atoms with Crippen molar-refractivity contribution in [3.05, 3.63) is 69.7 Å². The Balaban J connectivity index is 2.06. The molecule has 0 heterocycles. The van der Waals surface area contributed by atoms with Crippen LogP contribution in [0, 0.1) is 11.6 Å². The van der Waals surface area contributed by atoms with Gasteiger partial charge in [0.1, 0.15) is 11.6 Å². The van der Waals surface area contributed by atoms with E-state index >= 15 is 0 Å². The Morgan fingerprint density at radius 1 is 1.05 bits per heavy atom. The summed E-state index contributed by atoms with van der Waals surface area (Å²) < 4.78 is 28.5. The van der Waals surface area contributed by atoms with Gasteiger partial charge in [0.15, 0.2) is 0 Å². The highest BCUT2D eigenvalue weighted by Crippen LogP contribution is 2.56. The molecule has 4 heteroatoms. The molecular formula is C16H14BrF2N. The van der Waals surface area contributed by atoms with Gasteiger partial charge in [-0.1, -0.05) is 30.3 Å². The van der Waals surface area contributed by atoms with Crippen LogP contribution >= 0.6 is 15.9 Å². The molecule has 104 valence electrons. The Hall–Kier alpha value is -1.26. The molecule has 1 aliphatic rings. The molecule has 0 aliphatic heterocycles. The normalized spacial score (nSPS) is 17.8. The lowest BCUT2D eigenvalue weighted by Crippen LogP contribution is -2.28. The third-order valence-corrected chi connectivity index (χ3v) is 4.74. The third kappa shape index (κ3) is 2.07. The maximum absolute atomic E-state index is 14.2. The summed E-state index contributed by atoms with van der Waals surface area (Å²) in [6.07, 6.45) is 1.70. The van der Waals surface area contributed by atoms with E-state index in [4.69, 9.17) is 5.73 Å². The molecule has 2 aromatic rings. The van der Waals surface area contributed by atoms with Crippen molar-refractivity contribution in [2.24, 2.45) is 5.73 Å². The first-order valence-electron chi connectivity index (χ1n) is 6.51. The van der Waals surface area contributed by atoms with Crippen LogP contribution in [0.4, 0.5) is 8.78 Å². The first-order chi connectivity index (χ1) is 9.56. The molecular weight excluding hydrogens is 324 g/mol. The van der Waals surface area contributed by atoms with Crippen molar-refractivity contribution in [2.45, 2.75) is 24.3 Å². The Morgan fingerprint density at radius 2 is 1.70 bits per heavy atom. The zero-order chi connectivity index (χ0) is 14.3. The fourth-order valence-corrected chi connectivity index (χ4v) is 3.13. The predicted octanol–water partition coefficient (Wildman–Crippen LogP) is 4.46. The van der Waals surface area contributed by atoms with Crippen LogP contribution in [-0.4, -0.2) is 0 Å². The van der Waals surface area contributed by atoms with Crippen LogP contribution in [0.15, 0.2) is 46.9 Å². The summed E-state index contributed by atoms with van der Waals surface area (Å²) in [4.78, 5) is 0. The standard InChI is InChI=1S/C16H14BrF2N/c17-11-6-7-12(18)13(14(11)19)15(20)16(8-9-16)10-4-2-1-3-5-10/h1-7,15H,8-9,20H2. The van der Waals surface area contributed by atoms with Gasteiger partial charge in [0.25, 0.3) is 0 Å². The van der Waals surface area contributed by atoms with Gasteiger partial charge in [-0.3, -0.25) is 0 Å². The Labute approximate surface area is 124 Å². The van der Waals surface area contributed by atoms with E-state index < -0.39 is 17.7 Å². The van der Waals surface area contributed by atoms with Crippen molar-refractivity contribution >= 4 is 15.9 Å². The molecule has 2 aromatic carbocycles. The summed E-state index contributed by atoms with van der Waals surface area (Å²) in [7, 11) is 0. The Morgan fingerprint density at radius 3 is 2.30 bits per heavy atom. The second kappa shape index (κ2) is 4.93. The van der Waals surface area contributed by atoms with Crippen molar-refractivity contribution in [1.82, 2.24) is 0 Å². The lowest BCUT2D eigenvalue weighted by molar-refractivity contribution is 0.467. The van der Waals surface area contributed by atoms with Gasteiger partial charge < -0.3 is 5.73 Å².